The van der Waals surface area contributed by atoms with Gasteiger partial charge in [-0.2, -0.15) is 0 Å². The summed E-state index contributed by atoms with van der Waals surface area (Å²) in [6.07, 6.45) is 4.62. The summed E-state index contributed by atoms with van der Waals surface area (Å²) in [6.45, 7) is 8.73. The molecule has 0 radical (unpaired) electrons. The van der Waals surface area contributed by atoms with E-state index in [0.29, 0.717) is 13.0 Å². The summed E-state index contributed by atoms with van der Waals surface area (Å²) in [7, 11) is 0. The molecule has 4 aliphatic rings. The van der Waals surface area contributed by atoms with Crippen LogP contribution in [0.4, 0.5) is 0 Å². The number of ether oxygens (including phenoxy) is 2. The fraction of sp³-hybridized carbons (Fsp3) is 0.750. The van der Waals surface area contributed by atoms with E-state index in [4.69, 9.17) is 9.47 Å². The van der Waals surface area contributed by atoms with Gasteiger partial charge in [-0.05, 0) is 45.6 Å². The maximum absolute atomic E-state index is 12.8. The number of carbonyl (C=O) groups excluding carboxylic acids is 1. The zero-order valence-electron chi connectivity index (χ0n) is 15.0. The van der Waals surface area contributed by atoms with Gasteiger partial charge in [0.25, 0.3) is 0 Å². The summed E-state index contributed by atoms with van der Waals surface area (Å²) in [5, 5.41) is 10.9. The van der Waals surface area contributed by atoms with Gasteiger partial charge in [-0.25, -0.2) is 0 Å². The highest BCUT2D eigenvalue weighted by Gasteiger charge is 2.62. The van der Waals surface area contributed by atoms with Gasteiger partial charge in [-0.15, -0.1) is 0 Å². The second-order valence-corrected chi connectivity index (χ2v) is 8.49. The van der Waals surface area contributed by atoms with Gasteiger partial charge >= 0.3 is 0 Å². The van der Waals surface area contributed by atoms with Crippen LogP contribution in [0.3, 0.4) is 0 Å². The first kappa shape index (κ1) is 16.5. The maximum Gasteiger partial charge on any atom is 0.159 e. The van der Waals surface area contributed by atoms with E-state index in [1.807, 2.05) is 13.0 Å². The van der Waals surface area contributed by atoms with Crippen LogP contribution in [-0.2, 0) is 14.3 Å². The largest absolute Gasteiger partial charge is 0.390 e. The first-order valence-corrected chi connectivity index (χ1v) is 9.18. The number of hydrogen-bond acceptors (Lipinski definition) is 4. The van der Waals surface area contributed by atoms with Crippen LogP contribution in [0, 0.1) is 23.7 Å². The van der Waals surface area contributed by atoms with Gasteiger partial charge in [-0.3, -0.25) is 4.79 Å². The molecule has 0 aromatic rings. The molecule has 4 heteroatoms. The number of ketones is 1. The second-order valence-electron chi connectivity index (χ2n) is 8.49. The summed E-state index contributed by atoms with van der Waals surface area (Å²) >= 11 is 0. The van der Waals surface area contributed by atoms with E-state index in [9.17, 15) is 9.90 Å². The molecule has 4 nitrogen and oxygen atoms in total. The van der Waals surface area contributed by atoms with Crippen LogP contribution in [0.1, 0.15) is 40.5 Å². The minimum Gasteiger partial charge on any atom is -0.390 e. The average molecular weight is 332 g/mol. The number of carbonyl (C=O) groups is 1. The molecule has 2 fully saturated rings. The minimum atomic E-state index is -0.764. The summed E-state index contributed by atoms with van der Waals surface area (Å²) in [5.41, 5.74) is 1.61. The average Bonchev–Trinajstić information content (AvgIpc) is 2.85. The first-order valence-electron chi connectivity index (χ1n) is 9.18. The first-order chi connectivity index (χ1) is 11.3. The molecule has 1 aliphatic carbocycles. The van der Waals surface area contributed by atoms with Gasteiger partial charge in [0.15, 0.2) is 5.78 Å². The molecule has 2 bridgehead atoms. The van der Waals surface area contributed by atoms with E-state index in [0.717, 1.165) is 12.0 Å². The van der Waals surface area contributed by atoms with E-state index in [1.165, 1.54) is 5.57 Å². The molecule has 8 atom stereocenters. The normalized spacial score (nSPS) is 53.2. The van der Waals surface area contributed by atoms with Crippen LogP contribution >= 0.6 is 0 Å². The number of aliphatic hydroxyl groups excluding tert-OH is 1. The van der Waals surface area contributed by atoms with Crippen molar-refractivity contribution in [2.75, 3.05) is 6.61 Å². The lowest BCUT2D eigenvalue weighted by atomic mass is 9.63. The molecule has 3 aliphatic heterocycles. The number of allylic oxidation sites excluding steroid dienone is 1. The smallest absolute Gasteiger partial charge is 0.159 e. The summed E-state index contributed by atoms with van der Waals surface area (Å²) < 4.78 is 12.8. The maximum atomic E-state index is 12.8. The fourth-order valence-corrected chi connectivity index (χ4v) is 5.50. The second kappa shape index (κ2) is 5.52. The molecule has 0 spiro atoms. The Balaban J connectivity index is 1.89. The van der Waals surface area contributed by atoms with Crippen molar-refractivity contribution >= 4 is 5.78 Å². The van der Waals surface area contributed by atoms with Crippen molar-refractivity contribution in [1.29, 1.82) is 0 Å². The monoisotopic (exact) mass is 332 g/mol. The van der Waals surface area contributed by atoms with Crippen LogP contribution in [0.15, 0.2) is 23.3 Å². The summed E-state index contributed by atoms with van der Waals surface area (Å²) in [4.78, 5) is 12.8. The third-order valence-electron chi connectivity index (χ3n) is 6.83. The molecule has 3 heterocycles. The molecule has 0 unspecified atom stereocenters. The van der Waals surface area contributed by atoms with Gasteiger partial charge in [0.05, 0.1) is 24.9 Å². The molecular formula is C20H28O4. The molecule has 0 amide bonds. The zero-order chi connectivity index (χ0) is 17.2. The Labute approximate surface area is 143 Å². The predicted octanol–water partition coefficient (Wildman–Crippen LogP) is 2.66. The Morgan fingerprint density at radius 1 is 1.29 bits per heavy atom. The van der Waals surface area contributed by atoms with E-state index < -0.39 is 11.7 Å². The lowest BCUT2D eigenvalue weighted by Gasteiger charge is -2.41. The topological polar surface area (TPSA) is 55.8 Å². The van der Waals surface area contributed by atoms with Gasteiger partial charge in [0.1, 0.15) is 5.60 Å². The van der Waals surface area contributed by atoms with Crippen LogP contribution in [0.5, 0.6) is 0 Å². The molecule has 132 valence electrons. The summed E-state index contributed by atoms with van der Waals surface area (Å²) in [5.74, 6) is 0.641. The molecule has 1 N–H and O–H groups in total. The van der Waals surface area contributed by atoms with Gasteiger partial charge in [0, 0.05) is 17.8 Å². The third-order valence-corrected chi connectivity index (χ3v) is 6.83. The Hall–Kier alpha value is -0.970. The van der Waals surface area contributed by atoms with Crippen molar-refractivity contribution in [3.8, 4) is 0 Å². The van der Waals surface area contributed by atoms with Crippen molar-refractivity contribution in [3.05, 3.63) is 23.3 Å². The Kier molecular flexibility index (Phi) is 3.79. The molecule has 0 aromatic carbocycles. The van der Waals surface area contributed by atoms with Crippen molar-refractivity contribution in [2.24, 2.45) is 23.7 Å². The van der Waals surface area contributed by atoms with Crippen molar-refractivity contribution in [2.45, 2.75) is 64.4 Å². The van der Waals surface area contributed by atoms with E-state index >= 15 is 0 Å². The third kappa shape index (κ3) is 2.19. The minimum absolute atomic E-state index is 0.0635. The Morgan fingerprint density at radius 2 is 2.04 bits per heavy atom. The Morgan fingerprint density at radius 3 is 2.79 bits per heavy atom. The number of hydrogen-bond donors (Lipinski definition) is 1. The van der Waals surface area contributed by atoms with Crippen molar-refractivity contribution in [1.82, 2.24) is 0 Å². The van der Waals surface area contributed by atoms with Crippen LogP contribution < -0.4 is 0 Å². The highest BCUT2D eigenvalue weighted by atomic mass is 16.6. The van der Waals surface area contributed by atoms with E-state index in [-0.39, 0.29) is 41.7 Å². The number of aliphatic hydroxyl groups is 1. The van der Waals surface area contributed by atoms with Crippen LogP contribution in [-0.4, -0.2) is 41.4 Å². The van der Waals surface area contributed by atoms with Gasteiger partial charge in [-0.1, -0.05) is 24.1 Å². The standard InChI is InChI=1S/C20H28O4/c1-10-5-6-15(22)20(4)19-18-16(12(3)9-23-20)13(21)8-11(2)17(18)14(7-10)24-19/h5,8,12,14-19,22H,6-7,9H2,1-4H3/b10-5-/t12-,14+,15+,16-,17-,18+,19+,20+/m0/s1. The fourth-order valence-electron chi connectivity index (χ4n) is 5.50. The molecule has 2 saturated heterocycles. The van der Waals surface area contributed by atoms with Gasteiger partial charge < -0.3 is 14.6 Å². The Bertz CT molecular complexity index is 621. The molecule has 4 rings (SSSR count). The van der Waals surface area contributed by atoms with E-state index in [1.54, 1.807) is 0 Å². The van der Waals surface area contributed by atoms with Crippen molar-refractivity contribution in [3.63, 3.8) is 0 Å². The van der Waals surface area contributed by atoms with E-state index in [2.05, 4.69) is 26.8 Å². The van der Waals surface area contributed by atoms with Gasteiger partial charge in [0.2, 0.25) is 0 Å². The lowest BCUT2D eigenvalue weighted by molar-refractivity contribution is -0.183. The molecule has 0 aromatic heterocycles. The number of fused-ring (bicyclic) bond motifs is 2. The molecule has 0 saturated carbocycles. The highest BCUT2D eigenvalue weighted by Crippen LogP contribution is 2.54. The predicted molar refractivity (Wildman–Crippen MR) is 90.4 cm³/mol. The van der Waals surface area contributed by atoms with Crippen LogP contribution in [0.25, 0.3) is 0 Å². The molecular weight excluding hydrogens is 304 g/mol. The summed E-state index contributed by atoms with van der Waals surface area (Å²) in [6, 6.07) is 0. The quantitative estimate of drug-likeness (QED) is 0.693. The zero-order valence-corrected chi connectivity index (χ0v) is 15.0. The SMILES string of the molecule is CC1=CC(=O)[C@H]2[C@@H]3[C@@H]1[C@H]1C/C(C)=C\C[C@@H](O)[C@@](C)(OC[C@@H]2C)[C@@H]3O1. The van der Waals surface area contributed by atoms with Crippen LogP contribution in [0.2, 0.25) is 0 Å². The highest BCUT2D eigenvalue weighted by molar-refractivity contribution is 5.94. The van der Waals surface area contributed by atoms with Crippen molar-refractivity contribution < 1.29 is 19.4 Å². The lowest BCUT2D eigenvalue weighted by Crippen LogP contribution is -2.54. The molecule has 24 heavy (non-hydrogen) atoms. The number of rotatable bonds is 0.